The summed E-state index contributed by atoms with van der Waals surface area (Å²) in [6.07, 6.45) is 2.46. The van der Waals surface area contributed by atoms with Crippen molar-refractivity contribution in [2.24, 2.45) is 5.40 Å². The van der Waals surface area contributed by atoms with E-state index in [0.717, 1.165) is 12.7 Å². The molecule has 0 spiro atoms. The Morgan fingerprint density at radius 2 is 2.11 bits per heavy atom. The molecule has 0 aromatic heterocycles. The number of unbranched alkanes of at least 4 members (excludes halogenated alkanes) is 1. The molecule has 0 amide bonds. The molecule has 2 nitrogen and oxygen atoms in total. The van der Waals surface area contributed by atoms with Gasteiger partial charge < -0.3 is 9.83 Å². The van der Waals surface area contributed by atoms with Gasteiger partial charge in [0.1, 0.15) is 0 Å². The van der Waals surface area contributed by atoms with Gasteiger partial charge >= 0.3 is 0 Å². The van der Waals surface area contributed by atoms with Crippen molar-refractivity contribution in [3.8, 4) is 0 Å². The molecule has 2 N–H and O–H groups in total. The second kappa shape index (κ2) is 6.26. The first-order valence-electron chi connectivity index (χ1n) is 3.68. The van der Waals surface area contributed by atoms with E-state index < -0.39 is 9.20 Å². The molecule has 0 aromatic carbocycles. The van der Waals surface area contributed by atoms with Crippen molar-refractivity contribution in [3.05, 3.63) is 0 Å². The summed E-state index contributed by atoms with van der Waals surface area (Å²) < 4.78 is 5.26. The van der Waals surface area contributed by atoms with Gasteiger partial charge in [-0.2, -0.15) is 0 Å². The highest BCUT2D eigenvalue weighted by Crippen LogP contribution is 1.96. The Morgan fingerprint density at radius 1 is 1.44 bits per heavy atom. The van der Waals surface area contributed by atoms with Gasteiger partial charge in [-0.05, 0) is 13.0 Å². The lowest BCUT2D eigenvalue weighted by molar-refractivity contribution is 0.341. The second-order valence-corrected chi connectivity index (χ2v) is 4.12. The molecule has 0 aliphatic heterocycles. The molecule has 9 heavy (non-hydrogen) atoms. The van der Waals surface area contributed by atoms with Crippen LogP contribution in [0.15, 0.2) is 0 Å². The molecule has 0 aromatic rings. The number of hydrogen-bond donors (Lipinski definition) is 1. The van der Waals surface area contributed by atoms with E-state index in [0.29, 0.717) is 0 Å². The summed E-state index contributed by atoms with van der Waals surface area (Å²) >= 11 is 0. The summed E-state index contributed by atoms with van der Waals surface area (Å²) in [5.74, 6) is 0. The Bertz CT molecular complexity index is 61.0. The summed E-state index contributed by atoms with van der Waals surface area (Å²) in [4.78, 5) is 0. The third-order valence-electron chi connectivity index (χ3n) is 1.22. The van der Waals surface area contributed by atoms with Crippen molar-refractivity contribution in [2.75, 3.05) is 6.61 Å². The predicted molar refractivity (Wildman–Crippen MR) is 42.7 cm³/mol. The maximum Gasteiger partial charge on any atom is 0.249 e. The third-order valence-corrected chi connectivity index (χ3v) is 2.96. The fourth-order valence-corrected chi connectivity index (χ4v) is 2.11. The summed E-state index contributed by atoms with van der Waals surface area (Å²) in [6, 6.07) is 1.13. The van der Waals surface area contributed by atoms with Crippen molar-refractivity contribution in [2.45, 2.75) is 32.7 Å². The van der Waals surface area contributed by atoms with Crippen molar-refractivity contribution >= 4 is 9.20 Å². The largest absolute Gasteiger partial charge is 0.406 e. The molecule has 0 bridgehead atoms. The summed E-state index contributed by atoms with van der Waals surface area (Å²) in [5, 5.41) is 5.69. The van der Waals surface area contributed by atoms with E-state index >= 15 is 0 Å². The highest BCUT2D eigenvalue weighted by atomic mass is 28.3. The van der Waals surface area contributed by atoms with Crippen LogP contribution in [0.5, 0.6) is 0 Å². The number of hydrogen-bond acceptors (Lipinski definition) is 2. The normalized spacial score (nSPS) is 13.7. The number of rotatable bonds is 5. The first-order chi connectivity index (χ1) is 4.31. The lowest BCUT2D eigenvalue weighted by atomic mass is 10.4. The second-order valence-electron chi connectivity index (χ2n) is 2.14. The van der Waals surface area contributed by atoms with Crippen molar-refractivity contribution < 1.29 is 4.43 Å². The standard InChI is InChI=1S/C6H17NOSi/c1-3-5-6-9(7)8-4-2/h9H,3-7H2,1-2H3. The van der Waals surface area contributed by atoms with Gasteiger partial charge in [0, 0.05) is 6.61 Å². The van der Waals surface area contributed by atoms with E-state index in [1.807, 2.05) is 6.92 Å². The maximum absolute atomic E-state index is 5.69. The SMILES string of the molecule is CCCC[SiH](N)OCC. The molecule has 0 rings (SSSR count). The van der Waals surface area contributed by atoms with Gasteiger partial charge in [-0.3, -0.25) is 0 Å². The first-order valence-corrected chi connectivity index (χ1v) is 5.63. The van der Waals surface area contributed by atoms with Gasteiger partial charge in [-0.15, -0.1) is 0 Å². The average Bonchev–Trinajstić information content (AvgIpc) is 1.85. The van der Waals surface area contributed by atoms with E-state index in [1.165, 1.54) is 12.8 Å². The van der Waals surface area contributed by atoms with Gasteiger partial charge in [0.15, 0.2) is 0 Å². The van der Waals surface area contributed by atoms with Crippen molar-refractivity contribution in [3.63, 3.8) is 0 Å². The minimum absolute atomic E-state index is 0.789. The van der Waals surface area contributed by atoms with Crippen LogP contribution in [0.25, 0.3) is 0 Å². The summed E-state index contributed by atoms with van der Waals surface area (Å²) in [5.41, 5.74) is 0. The molecule has 0 aliphatic carbocycles. The van der Waals surface area contributed by atoms with Crippen LogP contribution in [-0.4, -0.2) is 15.8 Å². The van der Waals surface area contributed by atoms with Crippen molar-refractivity contribution in [1.29, 1.82) is 0 Å². The van der Waals surface area contributed by atoms with E-state index in [-0.39, 0.29) is 0 Å². The van der Waals surface area contributed by atoms with Crippen LogP contribution in [0, 0.1) is 0 Å². The maximum atomic E-state index is 5.69. The molecule has 0 heterocycles. The fraction of sp³-hybridized carbons (Fsp3) is 1.00. The first kappa shape index (κ1) is 9.14. The Hall–Kier alpha value is 0.137. The zero-order valence-electron chi connectivity index (χ0n) is 6.39. The minimum atomic E-state index is -1.22. The molecule has 56 valence electrons. The van der Waals surface area contributed by atoms with Gasteiger partial charge in [0.25, 0.3) is 0 Å². The Kier molecular flexibility index (Phi) is 6.35. The monoisotopic (exact) mass is 147 g/mol. The molecule has 1 atom stereocenters. The quantitative estimate of drug-likeness (QED) is 0.589. The van der Waals surface area contributed by atoms with Gasteiger partial charge in [0.05, 0.1) is 0 Å². The minimum Gasteiger partial charge on any atom is -0.406 e. The predicted octanol–water partition coefficient (Wildman–Crippen LogP) is 1.00. The molecule has 0 fully saturated rings. The topological polar surface area (TPSA) is 35.2 Å². The highest BCUT2D eigenvalue weighted by molar-refractivity contribution is 6.47. The van der Waals surface area contributed by atoms with Gasteiger partial charge in [-0.25, -0.2) is 0 Å². The Balaban J connectivity index is 2.95. The molecule has 0 radical (unpaired) electrons. The lowest BCUT2D eigenvalue weighted by Crippen LogP contribution is -2.29. The highest BCUT2D eigenvalue weighted by Gasteiger charge is 2.01. The van der Waals surface area contributed by atoms with Gasteiger partial charge in [-0.1, -0.05) is 19.8 Å². The van der Waals surface area contributed by atoms with Crippen molar-refractivity contribution in [1.82, 2.24) is 0 Å². The van der Waals surface area contributed by atoms with E-state index in [2.05, 4.69) is 6.92 Å². The molecular formula is C6H17NOSi. The zero-order chi connectivity index (χ0) is 7.11. The molecule has 1 unspecified atom stereocenters. The lowest BCUT2D eigenvalue weighted by Gasteiger charge is -2.06. The van der Waals surface area contributed by atoms with Crippen LogP contribution in [0.3, 0.4) is 0 Å². The van der Waals surface area contributed by atoms with Crippen LogP contribution >= 0.6 is 0 Å². The molecule has 3 heteroatoms. The number of nitrogens with two attached hydrogens (primary N) is 1. The smallest absolute Gasteiger partial charge is 0.249 e. The molecule has 0 saturated heterocycles. The van der Waals surface area contributed by atoms with Crippen LogP contribution in [0.2, 0.25) is 6.04 Å². The van der Waals surface area contributed by atoms with Crippen LogP contribution in [-0.2, 0) is 4.43 Å². The van der Waals surface area contributed by atoms with Crippen LogP contribution in [0.1, 0.15) is 26.7 Å². The molecule has 0 saturated carbocycles. The summed E-state index contributed by atoms with van der Waals surface area (Å²) in [7, 11) is -1.22. The molecular weight excluding hydrogens is 130 g/mol. The fourth-order valence-electron chi connectivity index (χ4n) is 0.703. The van der Waals surface area contributed by atoms with Crippen LogP contribution < -0.4 is 5.40 Å². The molecule has 0 aliphatic rings. The van der Waals surface area contributed by atoms with E-state index in [9.17, 15) is 0 Å². The van der Waals surface area contributed by atoms with E-state index in [4.69, 9.17) is 9.83 Å². The van der Waals surface area contributed by atoms with Crippen LogP contribution in [0.4, 0.5) is 0 Å². The Morgan fingerprint density at radius 3 is 2.56 bits per heavy atom. The Labute approximate surface area is 59.2 Å². The van der Waals surface area contributed by atoms with Gasteiger partial charge in [0.2, 0.25) is 9.20 Å². The average molecular weight is 147 g/mol. The summed E-state index contributed by atoms with van der Waals surface area (Å²) in [6.45, 7) is 4.96. The zero-order valence-corrected chi connectivity index (χ0v) is 7.55. The third kappa shape index (κ3) is 6.02. The van der Waals surface area contributed by atoms with E-state index in [1.54, 1.807) is 0 Å².